The summed E-state index contributed by atoms with van der Waals surface area (Å²) in [5.74, 6) is 0.898. The van der Waals surface area contributed by atoms with Gasteiger partial charge < -0.3 is 4.90 Å². The topological polar surface area (TPSA) is 55.4 Å². The molecule has 3 aliphatic rings. The molecule has 0 amide bonds. The largest absolute Gasteiger partial charge is 0.356 e. The summed E-state index contributed by atoms with van der Waals surface area (Å²) in [5.41, 5.74) is 2.17. The molecule has 6 nitrogen and oxygen atoms in total. The first-order valence-corrected chi connectivity index (χ1v) is 12.1. The Morgan fingerprint density at radius 3 is 2.59 bits per heavy atom. The fourth-order valence-corrected chi connectivity index (χ4v) is 5.63. The molecule has 1 spiro atoms. The molecule has 0 bridgehead atoms. The van der Waals surface area contributed by atoms with E-state index < -0.39 is 5.82 Å². The van der Waals surface area contributed by atoms with Crippen LogP contribution >= 0.6 is 0 Å². The minimum Gasteiger partial charge on any atom is -0.356 e. The molecule has 0 radical (unpaired) electrons. The van der Waals surface area contributed by atoms with E-state index in [-0.39, 0.29) is 11.2 Å². The lowest BCUT2D eigenvalue weighted by Crippen LogP contribution is -2.29. The summed E-state index contributed by atoms with van der Waals surface area (Å²) in [6, 6.07) is 9.84. The molecule has 2 aromatic heterocycles. The first kappa shape index (κ1) is 21.0. The van der Waals surface area contributed by atoms with Crippen LogP contribution in [-0.4, -0.2) is 27.6 Å². The Morgan fingerprint density at radius 2 is 1.91 bits per heavy atom. The summed E-state index contributed by atoms with van der Waals surface area (Å²) >= 11 is 0. The fraction of sp³-hybridized carbons (Fsp3) is 0.407. The van der Waals surface area contributed by atoms with Crippen molar-refractivity contribution in [2.24, 2.45) is 5.41 Å². The second-order valence-electron chi connectivity index (χ2n) is 9.98. The molecule has 172 valence electrons. The number of aromatic nitrogens is 3. The Hall–Kier alpha value is -3.53. The highest BCUT2D eigenvalue weighted by molar-refractivity contribution is 5.64. The normalized spacial score (nSPS) is 19.0. The van der Waals surface area contributed by atoms with E-state index in [1.165, 1.54) is 42.4 Å². The van der Waals surface area contributed by atoms with Gasteiger partial charge >= 0.3 is 0 Å². The van der Waals surface area contributed by atoms with Crippen molar-refractivity contribution in [2.75, 3.05) is 18.0 Å². The highest BCUT2D eigenvalue weighted by atomic mass is 19.1. The molecule has 2 saturated carbocycles. The van der Waals surface area contributed by atoms with Crippen molar-refractivity contribution in [2.45, 2.75) is 50.9 Å². The van der Waals surface area contributed by atoms with E-state index in [2.05, 4.69) is 14.7 Å². The van der Waals surface area contributed by atoms with Crippen LogP contribution in [0, 0.1) is 17.8 Å². The Kier molecular flexibility index (Phi) is 4.98. The Balaban J connectivity index is 1.46. The summed E-state index contributed by atoms with van der Waals surface area (Å²) in [4.78, 5) is 28.4. The van der Waals surface area contributed by atoms with Crippen LogP contribution in [0.5, 0.6) is 0 Å². The molecule has 0 unspecified atom stereocenters. The highest BCUT2D eigenvalue weighted by Crippen LogP contribution is 2.46. The molecule has 0 atom stereocenters. The molecule has 1 aromatic carbocycles. The van der Waals surface area contributed by atoms with Crippen LogP contribution in [0.2, 0.25) is 0 Å². The predicted octanol–water partition coefficient (Wildman–Crippen LogP) is 5.63. The average molecular weight is 456 g/mol. The summed E-state index contributed by atoms with van der Waals surface area (Å²) in [6.07, 6.45) is 10.1. The van der Waals surface area contributed by atoms with E-state index in [4.69, 9.17) is 11.6 Å². The third-order valence-electron chi connectivity index (χ3n) is 7.68. The Bertz CT molecular complexity index is 1350. The van der Waals surface area contributed by atoms with Crippen LogP contribution in [0.1, 0.15) is 56.6 Å². The highest BCUT2D eigenvalue weighted by Gasteiger charge is 2.40. The number of pyridine rings is 1. The van der Waals surface area contributed by atoms with E-state index in [0.29, 0.717) is 34.2 Å². The predicted molar refractivity (Wildman–Crippen MR) is 129 cm³/mol. The standard InChI is InChI=1S/C27H26FN5O/c1-29-23-8-6-19(14-21(23)28)26-31-24(32-13-12-27(17-32)10-2-3-11-27)15-25(34)33(26)20-7-9-22(30-16-20)18-4-5-18/h6-9,14-16,18H,2-5,10-13,17H2. The van der Waals surface area contributed by atoms with Gasteiger partial charge in [0.1, 0.15) is 17.5 Å². The van der Waals surface area contributed by atoms with E-state index in [0.717, 1.165) is 38.0 Å². The first-order valence-electron chi connectivity index (χ1n) is 12.1. The third-order valence-corrected chi connectivity index (χ3v) is 7.68. The molecule has 7 heteroatoms. The number of hydrogen-bond acceptors (Lipinski definition) is 4. The zero-order chi connectivity index (χ0) is 23.3. The maximum absolute atomic E-state index is 14.6. The molecule has 1 aliphatic heterocycles. The van der Waals surface area contributed by atoms with Crippen molar-refractivity contribution < 1.29 is 4.39 Å². The van der Waals surface area contributed by atoms with Gasteiger partial charge in [-0.2, -0.15) is 0 Å². The van der Waals surface area contributed by atoms with Gasteiger partial charge in [0.15, 0.2) is 0 Å². The second-order valence-corrected chi connectivity index (χ2v) is 9.98. The number of rotatable bonds is 4. The molecule has 1 saturated heterocycles. The number of benzene rings is 1. The summed E-state index contributed by atoms with van der Waals surface area (Å²) < 4.78 is 16.1. The average Bonchev–Trinajstić information content (AvgIpc) is 3.47. The van der Waals surface area contributed by atoms with Gasteiger partial charge in [-0.3, -0.25) is 14.3 Å². The molecule has 0 N–H and O–H groups in total. The zero-order valence-corrected chi connectivity index (χ0v) is 19.0. The van der Waals surface area contributed by atoms with E-state index >= 15 is 0 Å². The van der Waals surface area contributed by atoms with E-state index in [1.807, 2.05) is 12.1 Å². The molecule has 2 aliphatic carbocycles. The van der Waals surface area contributed by atoms with Crippen LogP contribution in [0.4, 0.5) is 15.9 Å². The summed E-state index contributed by atoms with van der Waals surface area (Å²) in [7, 11) is 0. The van der Waals surface area contributed by atoms with Crippen LogP contribution in [-0.2, 0) is 0 Å². The first-order chi connectivity index (χ1) is 16.5. The van der Waals surface area contributed by atoms with Gasteiger partial charge in [-0.15, -0.1) is 0 Å². The van der Waals surface area contributed by atoms with Crippen molar-refractivity contribution in [1.82, 2.24) is 14.5 Å². The van der Waals surface area contributed by atoms with Gasteiger partial charge in [-0.05, 0) is 55.7 Å². The van der Waals surface area contributed by atoms with Gasteiger partial charge in [0.05, 0.1) is 18.5 Å². The van der Waals surface area contributed by atoms with Crippen molar-refractivity contribution in [3.05, 3.63) is 75.9 Å². The molecular formula is C27H26FN5O. The number of halogens is 1. The number of anilines is 1. The van der Waals surface area contributed by atoms with Crippen molar-refractivity contribution in [3.8, 4) is 17.1 Å². The monoisotopic (exact) mass is 455 g/mol. The van der Waals surface area contributed by atoms with Crippen molar-refractivity contribution in [1.29, 1.82) is 0 Å². The molecule has 34 heavy (non-hydrogen) atoms. The van der Waals surface area contributed by atoms with Crippen LogP contribution in [0.3, 0.4) is 0 Å². The van der Waals surface area contributed by atoms with Crippen molar-refractivity contribution >= 4 is 11.5 Å². The van der Waals surface area contributed by atoms with Crippen LogP contribution in [0.15, 0.2) is 47.4 Å². The summed E-state index contributed by atoms with van der Waals surface area (Å²) in [6.45, 7) is 8.94. The zero-order valence-electron chi connectivity index (χ0n) is 19.0. The Morgan fingerprint density at radius 1 is 1.09 bits per heavy atom. The lowest BCUT2D eigenvalue weighted by molar-refractivity contribution is 0.340. The van der Waals surface area contributed by atoms with Gasteiger partial charge in [0, 0.05) is 36.3 Å². The minimum absolute atomic E-state index is 0.0491. The number of nitrogens with zero attached hydrogens (tertiary/aromatic N) is 5. The SMILES string of the molecule is [C-]#[N+]c1ccc(-c2nc(N3CCC4(CCCC4)C3)cc(=O)n2-c2ccc(C3CC3)nc2)cc1F. The van der Waals surface area contributed by atoms with E-state index in [9.17, 15) is 9.18 Å². The maximum Gasteiger partial charge on any atom is 0.260 e. The second kappa shape index (κ2) is 8.05. The number of hydrogen-bond donors (Lipinski definition) is 0. The Labute approximate surface area is 197 Å². The van der Waals surface area contributed by atoms with Crippen LogP contribution in [0.25, 0.3) is 21.9 Å². The van der Waals surface area contributed by atoms with Crippen LogP contribution < -0.4 is 10.5 Å². The summed E-state index contributed by atoms with van der Waals surface area (Å²) in [5, 5.41) is 0. The van der Waals surface area contributed by atoms with Gasteiger partial charge in [-0.1, -0.05) is 25.0 Å². The lowest BCUT2D eigenvalue weighted by Gasteiger charge is -2.25. The minimum atomic E-state index is -0.619. The third kappa shape index (κ3) is 3.67. The molecular weight excluding hydrogens is 429 g/mol. The van der Waals surface area contributed by atoms with Gasteiger partial charge in [-0.25, -0.2) is 14.2 Å². The molecule has 6 rings (SSSR count). The molecule has 3 fully saturated rings. The van der Waals surface area contributed by atoms with Gasteiger partial charge in [0.25, 0.3) is 5.56 Å². The lowest BCUT2D eigenvalue weighted by atomic mass is 9.86. The van der Waals surface area contributed by atoms with Gasteiger partial charge in [0.2, 0.25) is 5.69 Å². The fourth-order valence-electron chi connectivity index (χ4n) is 5.63. The smallest absolute Gasteiger partial charge is 0.260 e. The van der Waals surface area contributed by atoms with E-state index in [1.54, 1.807) is 18.3 Å². The molecule has 3 heterocycles. The van der Waals surface area contributed by atoms with Crippen molar-refractivity contribution in [3.63, 3.8) is 0 Å². The maximum atomic E-state index is 14.6. The quantitative estimate of drug-likeness (QED) is 0.478. The molecule has 3 aromatic rings.